The van der Waals surface area contributed by atoms with Crippen molar-refractivity contribution >= 4 is 27.3 Å². The molecule has 1 fully saturated rings. The Balaban J connectivity index is 2.08. The van der Waals surface area contributed by atoms with E-state index in [2.05, 4.69) is 33.5 Å². The van der Waals surface area contributed by atoms with Gasteiger partial charge >= 0.3 is 0 Å². The van der Waals surface area contributed by atoms with Crippen molar-refractivity contribution in [2.45, 2.75) is 19.8 Å². The second-order valence-corrected chi connectivity index (χ2v) is 6.28. The number of halogens is 1. The Hall–Kier alpha value is -1.14. The third-order valence-electron chi connectivity index (χ3n) is 3.55. The van der Waals surface area contributed by atoms with E-state index in [0.29, 0.717) is 5.69 Å². The summed E-state index contributed by atoms with van der Waals surface area (Å²) in [6.45, 7) is 4.96. The molecule has 0 spiro atoms. The van der Waals surface area contributed by atoms with Gasteiger partial charge in [-0.05, 0) is 36.9 Å². The van der Waals surface area contributed by atoms with Crippen molar-refractivity contribution in [3.8, 4) is 0 Å². The summed E-state index contributed by atoms with van der Waals surface area (Å²) < 4.78 is 0.718. The number of anilines is 1. The Morgan fingerprint density at radius 3 is 3.00 bits per heavy atom. The maximum absolute atomic E-state index is 11.0. The third-order valence-corrected chi connectivity index (χ3v) is 4.04. The summed E-state index contributed by atoms with van der Waals surface area (Å²) in [5.41, 5.74) is 0.848. The first-order valence-electron chi connectivity index (χ1n) is 6.39. The fourth-order valence-electron chi connectivity index (χ4n) is 2.38. The molecular formula is C13H18BrN3O2. The van der Waals surface area contributed by atoms with Crippen LogP contribution < -0.4 is 10.6 Å². The molecule has 2 rings (SSSR count). The SMILES string of the molecule is CC1(CNc2ccc(Br)cc2[N+](=O)[O-])CCCNC1. The van der Waals surface area contributed by atoms with Gasteiger partial charge in [-0.3, -0.25) is 10.1 Å². The second kappa shape index (κ2) is 5.88. The van der Waals surface area contributed by atoms with Crippen molar-refractivity contribution in [2.75, 3.05) is 25.0 Å². The van der Waals surface area contributed by atoms with Crippen molar-refractivity contribution in [3.05, 3.63) is 32.8 Å². The number of hydrogen-bond donors (Lipinski definition) is 2. The smallest absolute Gasteiger partial charge is 0.293 e. The summed E-state index contributed by atoms with van der Waals surface area (Å²) >= 11 is 3.26. The molecular weight excluding hydrogens is 310 g/mol. The van der Waals surface area contributed by atoms with E-state index in [0.717, 1.165) is 36.9 Å². The number of nitrogens with zero attached hydrogens (tertiary/aromatic N) is 1. The average Bonchev–Trinajstić information content (AvgIpc) is 2.38. The zero-order valence-electron chi connectivity index (χ0n) is 10.9. The first-order valence-corrected chi connectivity index (χ1v) is 7.18. The predicted molar refractivity (Wildman–Crippen MR) is 79.5 cm³/mol. The molecule has 1 atom stereocenters. The van der Waals surface area contributed by atoms with Crippen LogP contribution in [-0.2, 0) is 0 Å². The van der Waals surface area contributed by atoms with Crippen LogP contribution in [0.3, 0.4) is 0 Å². The molecule has 0 radical (unpaired) electrons. The Kier molecular flexibility index (Phi) is 4.42. The van der Waals surface area contributed by atoms with E-state index in [1.807, 2.05) is 6.07 Å². The molecule has 1 saturated heterocycles. The molecule has 1 aliphatic heterocycles. The first kappa shape index (κ1) is 14.3. The topological polar surface area (TPSA) is 67.2 Å². The van der Waals surface area contributed by atoms with Crippen molar-refractivity contribution in [1.29, 1.82) is 0 Å². The van der Waals surface area contributed by atoms with Gasteiger partial charge in [0, 0.05) is 23.6 Å². The van der Waals surface area contributed by atoms with Gasteiger partial charge in [0.25, 0.3) is 5.69 Å². The van der Waals surface area contributed by atoms with Gasteiger partial charge in [-0.25, -0.2) is 0 Å². The highest BCUT2D eigenvalue weighted by molar-refractivity contribution is 9.10. The van der Waals surface area contributed by atoms with Gasteiger partial charge in [0.15, 0.2) is 0 Å². The van der Waals surface area contributed by atoms with E-state index >= 15 is 0 Å². The largest absolute Gasteiger partial charge is 0.379 e. The molecule has 1 aliphatic rings. The Bertz CT molecular complexity index is 473. The highest BCUT2D eigenvalue weighted by Crippen LogP contribution is 2.31. The van der Waals surface area contributed by atoms with Gasteiger partial charge in [0.1, 0.15) is 5.69 Å². The molecule has 104 valence electrons. The molecule has 1 heterocycles. The lowest BCUT2D eigenvalue weighted by atomic mass is 9.83. The van der Waals surface area contributed by atoms with Crippen LogP contribution in [0.5, 0.6) is 0 Å². The number of nitrogens with one attached hydrogen (secondary N) is 2. The third kappa shape index (κ3) is 3.67. The summed E-state index contributed by atoms with van der Waals surface area (Å²) in [5.74, 6) is 0. The number of benzene rings is 1. The maximum atomic E-state index is 11.0. The molecule has 2 N–H and O–H groups in total. The standard InChI is InChI=1S/C13H18BrN3O2/c1-13(5-2-6-15-8-13)9-16-11-4-3-10(14)7-12(11)17(18)19/h3-4,7,15-16H,2,5-6,8-9H2,1H3. The molecule has 1 unspecified atom stereocenters. The molecule has 1 aromatic carbocycles. The number of nitro groups is 1. The van der Waals surface area contributed by atoms with Crippen molar-refractivity contribution < 1.29 is 4.92 Å². The highest BCUT2D eigenvalue weighted by Gasteiger charge is 2.27. The lowest BCUT2D eigenvalue weighted by Gasteiger charge is -2.34. The van der Waals surface area contributed by atoms with Crippen LogP contribution in [0.25, 0.3) is 0 Å². The van der Waals surface area contributed by atoms with Crippen molar-refractivity contribution in [3.63, 3.8) is 0 Å². The molecule has 5 nitrogen and oxygen atoms in total. The minimum absolute atomic E-state index is 0.113. The Labute approximate surface area is 121 Å². The lowest BCUT2D eigenvalue weighted by Crippen LogP contribution is -2.42. The Morgan fingerprint density at radius 1 is 1.58 bits per heavy atom. The van der Waals surface area contributed by atoms with Crippen LogP contribution in [0.2, 0.25) is 0 Å². The quantitative estimate of drug-likeness (QED) is 0.658. The van der Waals surface area contributed by atoms with Crippen LogP contribution in [0, 0.1) is 15.5 Å². The maximum Gasteiger partial charge on any atom is 0.293 e. The number of piperidine rings is 1. The molecule has 1 aromatic rings. The van der Waals surface area contributed by atoms with Gasteiger partial charge in [-0.15, -0.1) is 0 Å². The zero-order chi connectivity index (χ0) is 13.9. The molecule has 0 aliphatic carbocycles. The van der Waals surface area contributed by atoms with E-state index in [1.165, 1.54) is 6.07 Å². The van der Waals surface area contributed by atoms with Crippen LogP contribution in [0.4, 0.5) is 11.4 Å². The van der Waals surface area contributed by atoms with Crippen LogP contribution in [0.1, 0.15) is 19.8 Å². The zero-order valence-corrected chi connectivity index (χ0v) is 12.5. The summed E-state index contributed by atoms with van der Waals surface area (Å²) in [7, 11) is 0. The van der Waals surface area contributed by atoms with E-state index < -0.39 is 0 Å². The van der Waals surface area contributed by atoms with Gasteiger partial charge in [0.2, 0.25) is 0 Å². The second-order valence-electron chi connectivity index (χ2n) is 5.36. The number of nitro benzene ring substituents is 1. The van der Waals surface area contributed by atoms with Crippen molar-refractivity contribution in [2.24, 2.45) is 5.41 Å². The van der Waals surface area contributed by atoms with Gasteiger partial charge in [-0.2, -0.15) is 0 Å². The Morgan fingerprint density at radius 2 is 2.37 bits per heavy atom. The minimum atomic E-state index is -0.353. The molecule has 6 heteroatoms. The van der Waals surface area contributed by atoms with Crippen LogP contribution >= 0.6 is 15.9 Å². The predicted octanol–water partition coefficient (Wildman–Crippen LogP) is 3.16. The summed E-state index contributed by atoms with van der Waals surface area (Å²) in [6.07, 6.45) is 2.29. The average molecular weight is 328 g/mol. The van der Waals surface area contributed by atoms with Gasteiger partial charge in [0.05, 0.1) is 4.92 Å². The fourth-order valence-corrected chi connectivity index (χ4v) is 2.73. The first-order chi connectivity index (χ1) is 9.00. The number of rotatable bonds is 4. The van der Waals surface area contributed by atoms with E-state index in [4.69, 9.17) is 0 Å². The summed E-state index contributed by atoms with van der Waals surface area (Å²) in [4.78, 5) is 10.7. The van der Waals surface area contributed by atoms with Gasteiger partial charge < -0.3 is 10.6 Å². The van der Waals surface area contributed by atoms with E-state index in [1.54, 1.807) is 6.07 Å². The normalized spacial score (nSPS) is 23.1. The van der Waals surface area contributed by atoms with E-state index in [-0.39, 0.29) is 16.0 Å². The molecule has 0 saturated carbocycles. The fraction of sp³-hybridized carbons (Fsp3) is 0.538. The molecule has 0 bridgehead atoms. The monoisotopic (exact) mass is 327 g/mol. The minimum Gasteiger partial charge on any atom is -0.379 e. The lowest BCUT2D eigenvalue weighted by molar-refractivity contribution is -0.384. The molecule has 19 heavy (non-hydrogen) atoms. The summed E-state index contributed by atoms with van der Waals surface area (Å²) in [6, 6.07) is 5.10. The number of hydrogen-bond acceptors (Lipinski definition) is 4. The molecule has 0 amide bonds. The van der Waals surface area contributed by atoms with E-state index in [9.17, 15) is 10.1 Å². The molecule has 0 aromatic heterocycles. The van der Waals surface area contributed by atoms with Crippen LogP contribution in [0.15, 0.2) is 22.7 Å². The van der Waals surface area contributed by atoms with Gasteiger partial charge in [-0.1, -0.05) is 22.9 Å². The highest BCUT2D eigenvalue weighted by atomic mass is 79.9. The summed E-state index contributed by atoms with van der Waals surface area (Å²) in [5, 5.41) is 17.6. The van der Waals surface area contributed by atoms with Crippen LogP contribution in [-0.4, -0.2) is 24.6 Å². The van der Waals surface area contributed by atoms with Crippen molar-refractivity contribution in [1.82, 2.24) is 5.32 Å².